The number of rotatable bonds is 6. The fourth-order valence-electron chi connectivity index (χ4n) is 2.45. The molecule has 0 spiro atoms. The largest absolute Gasteiger partial charge is 0.493 e. The molecule has 2 rings (SSSR count). The van der Waals surface area contributed by atoms with Gasteiger partial charge >= 0.3 is 0 Å². The highest BCUT2D eigenvalue weighted by atomic mass is 35.5. The Hall–Kier alpha value is -2.20. The normalized spacial score (nSPS) is 11.7. The van der Waals surface area contributed by atoms with E-state index in [0.717, 1.165) is 12.0 Å². The van der Waals surface area contributed by atoms with Crippen molar-refractivity contribution < 1.29 is 14.3 Å². The van der Waals surface area contributed by atoms with Gasteiger partial charge in [0.25, 0.3) is 5.91 Å². The zero-order chi connectivity index (χ0) is 16.8. The van der Waals surface area contributed by atoms with E-state index in [2.05, 4.69) is 5.32 Å². The van der Waals surface area contributed by atoms with Crippen molar-refractivity contribution in [1.82, 2.24) is 5.32 Å². The van der Waals surface area contributed by atoms with E-state index in [1.54, 1.807) is 25.3 Å². The van der Waals surface area contributed by atoms with Crippen molar-refractivity contribution in [3.05, 3.63) is 58.6 Å². The van der Waals surface area contributed by atoms with Crippen LogP contribution >= 0.6 is 11.6 Å². The molecule has 2 aromatic rings. The third-order valence-electron chi connectivity index (χ3n) is 3.61. The molecule has 5 heteroatoms. The van der Waals surface area contributed by atoms with Gasteiger partial charge in [0, 0.05) is 5.02 Å². The average molecular weight is 334 g/mol. The zero-order valence-corrected chi connectivity index (χ0v) is 14.2. The summed E-state index contributed by atoms with van der Waals surface area (Å²) in [6, 6.07) is 12.6. The number of hydrogen-bond donors (Lipinski definition) is 1. The Kier molecular flexibility index (Phi) is 5.88. The molecule has 0 aliphatic rings. The van der Waals surface area contributed by atoms with Gasteiger partial charge in [-0.3, -0.25) is 4.79 Å². The molecular weight excluding hydrogens is 314 g/mol. The van der Waals surface area contributed by atoms with Crippen molar-refractivity contribution in [2.24, 2.45) is 0 Å². The SMILES string of the molecule is CCC(NC(=O)c1cccc(OC)c1OC)c1cccc(Cl)c1. The van der Waals surface area contributed by atoms with Gasteiger partial charge in [0.05, 0.1) is 25.8 Å². The van der Waals surface area contributed by atoms with Crippen LogP contribution in [0.2, 0.25) is 5.02 Å². The first-order valence-electron chi connectivity index (χ1n) is 7.38. The summed E-state index contributed by atoms with van der Waals surface area (Å²) in [4.78, 5) is 12.6. The molecule has 0 bridgehead atoms. The van der Waals surface area contributed by atoms with Crippen LogP contribution in [0.3, 0.4) is 0 Å². The first-order valence-corrected chi connectivity index (χ1v) is 7.75. The predicted octanol–water partition coefficient (Wildman–Crippen LogP) is 4.24. The second-order valence-electron chi connectivity index (χ2n) is 5.03. The van der Waals surface area contributed by atoms with E-state index in [1.807, 2.05) is 31.2 Å². The highest BCUT2D eigenvalue weighted by Gasteiger charge is 2.19. The van der Waals surface area contributed by atoms with Gasteiger partial charge in [-0.1, -0.05) is 36.7 Å². The molecule has 0 heterocycles. The van der Waals surface area contributed by atoms with Crippen molar-refractivity contribution in [3.8, 4) is 11.5 Å². The first kappa shape index (κ1) is 17.2. The Labute approximate surface area is 141 Å². The quantitative estimate of drug-likeness (QED) is 0.860. The van der Waals surface area contributed by atoms with Crippen LogP contribution in [0.15, 0.2) is 42.5 Å². The van der Waals surface area contributed by atoms with Gasteiger partial charge in [0.2, 0.25) is 0 Å². The van der Waals surface area contributed by atoms with Crippen LogP contribution in [0.4, 0.5) is 0 Å². The van der Waals surface area contributed by atoms with Crippen molar-refractivity contribution in [2.45, 2.75) is 19.4 Å². The minimum atomic E-state index is -0.215. The van der Waals surface area contributed by atoms with Gasteiger partial charge in [0.1, 0.15) is 0 Å². The lowest BCUT2D eigenvalue weighted by Gasteiger charge is -2.19. The van der Waals surface area contributed by atoms with Crippen molar-refractivity contribution in [2.75, 3.05) is 14.2 Å². The Morgan fingerprint density at radius 3 is 2.52 bits per heavy atom. The lowest BCUT2D eigenvalue weighted by molar-refractivity contribution is 0.0932. The van der Waals surface area contributed by atoms with E-state index in [1.165, 1.54) is 7.11 Å². The third kappa shape index (κ3) is 3.96. The number of para-hydroxylation sites is 1. The molecule has 0 aliphatic heterocycles. The highest BCUT2D eigenvalue weighted by Crippen LogP contribution is 2.31. The van der Waals surface area contributed by atoms with Crippen LogP contribution in [0.1, 0.15) is 35.3 Å². The molecule has 0 fully saturated rings. The molecule has 1 atom stereocenters. The number of ether oxygens (including phenoxy) is 2. The van der Waals surface area contributed by atoms with Gasteiger partial charge in [0.15, 0.2) is 11.5 Å². The monoisotopic (exact) mass is 333 g/mol. The summed E-state index contributed by atoms with van der Waals surface area (Å²) >= 11 is 6.04. The summed E-state index contributed by atoms with van der Waals surface area (Å²) in [6.45, 7) is 2.01. The molecule has 0 radical (unpaired) electrons. The van der Waals surface area contributed by atoms with Gasteiger partial charge in [-0.2, -0.15) is 0 Å². The van der Waals surface area contributed by atoms with Crippen LogP contribution in [0.25, 0.3) is 0 Å². The van der Waals surface area contributed by atoms with Crippen LogP contribution < -0.4 is 14.8 Å². The van der Waals surface area contributed by atoms with Crippen molar-refractivity contribution in [3.63, 3.8) is 0 Å². The summed E-state index contributed by atoms with van der Waals surface area (Å²) < 4.78 is 10.6. The van der Waals surface area contributed by atoms with Crippen molar-refractivity contribution in [1.29, 1.82) is 0 Å². The molecule has 0 aliphatic carbocycles. The summed E-state index contributed by atoms with van der Waals surface area (Å²) in [5.74, 6) is 0.733. The van der Waals surface area contributed by atoms with Crippen molar-refractivity contribution >= 4 is 17.5 Å². The Morgan fingerprint density at radius 2 is 1.91 bits per heavy atom. The topological polar surface area (TPSA) is 47.6 Å². The predicted molar refractivity (Wildman–Crippen MR) is 91.5 cm³/mol. The molecule has 1 amide bonds. The second-order valence-corrected chi connectivity index (χ2v) is 5.47. The highest BCUT2D eigenvalue weighted by molar-refractivity contribution is 6.30. The number of carbonyl (C=O) groups is 1. The Bertz CT molecular complexity index is 688. The molecule has 23 heavy (non-hydrogen) atoms. The summed E-state index contributed by atoms with van der Waals surface area (Å²) in [7, 11) is 3.06. The number of methoxy groups -OCH3 is 2. The Morgan fingerprint density at radius 1 is 1.17 bits per heavy atom. The molecule has 2 aromatic carbocycles. The standard InChI is InChI=1S/C18H20ClNO3/c1-4-15(12-7-5-8-13(19)11-12)20-18(21)14-9-6-10-16(22-2)17(14)23-3/h5-11,15H,4H2,1-3H3,(H,20,21). The van der Waals surface area contributed by atoms with Gasteiger partial charge < -0.3 is 14.8 Å². The molecule has 1 N–H and O–H groups in total. The molecule has 0 aromatic heterocycles. The fraction of sp³-hybridized carbons (Fsp3) is 0.278. The van der Waals surface area contributed by atoms with Gasteiger partial charge in [-0.05, 0) is 36.2 Å². The van der Waals surface area contributed by atoms with E-state index in [0.29, 0.717) is 22.1 Å². The zero-order valence-electron chi connectivity index (χ0n) is 13.4. The summed E-state index contributed by atoms with van der Waals surface area (Å²) in [5, 5.41) is 3.67. The van der Waals surface area contributed by atoms with E-state index in [-0.39, 0.29) is 11.9 Å². The third-order valence-corrected chi connectivity index (χ3v) is 3.85. The second kappa shape index (κ2) is 7.88. The smallest absolute Gasteiger partial charge is 0.255 e. The van der Waals surface area contributed by atoms with Crippen LogP contribution in [0, 0.1) is 0 Å². The number of carbonyl (C=O) groups excluding carboxylic acids is 1. The fourth-order valence-corrected chi connectivity index (χ4v) is 2.65. The van der Waals surface area contributed by atoms with E-state index >= 15 is 0 Å². The maximum atomic E-state index is 12.6. The average Bonchev–Trinajstić information content (AvgIpc) is 2.58. The van der Waals surface area contributed by atoms with E-state index < -0.39 is 0 Å². The summed E-state index contributed by atoms with van der Waals surface area (Å²) in [6.07, 6.45) is 0.748. The molecule has 122 valence electrons. The number of hydrogen-bond acceptors (Lipinski definition) is 3. The molecule has 0 saturated heterocycles. The van der Waals surface area contributed by atoms with Gasteiger partial charge in [-0.25, -0.2) is 0 Å². The first-order chi connectivity index (χ1) is 11.1. The molecule has 1 unspecified atom stereocenters. The molecule has 0 saturated carbocycles. The van der Waals surface area contributed by atoms with Crippen LogP contribution in [0.5, 0.6) is 11.5 Å². The lowest BCUT2D eigenvalue weighted by Crippen LogP contribution is -2.28. The maximum Gasteiger partial charge on any atom is 0.255 e. The summed E-state index contributed by atoms with van der Waals surface area (Å²) in [5.41, 5.74) is 1.41. The van der Waals surface area contributed by atoms with Crippen LogP contribution in [-0.4, -0.2) is 20.1 Å². The van der Waals surface area contributed by atoms with Gasteiger partial charge in [-0.15, -0.1) is 0 Å². The van der Waals surface area contributed by atoms with E-state index in [9.17, 15) is 4.79 Å². The minimum Gasteiger partial charge on any atom is -0.493 e. The minimum absolute atomic E-state index is 0.128. The Balaban J connectivity index is 2.27. The van der Waals surface area contributed by atoms with Crippen LogP contribution in [-0.2, 0) is 0 Å². The number of amides is 1. The number of benzene rings is 2. The number of nitrogens with one attached hydrogen (secondary N) is 1. The van der Waals surface area contributed by atoms with E-state index in [4.69, 9.17) is 21.1 Å². The lowest BCUT2D eigenvalue weighted by atomic mass is 10.0. The molecular formula is C18H20ClNO3. The maximum absolute atomic E-state index is 12.6. The molecule has 4 nitrogen and oxygen atoms in total. The number of halogens is 1.